The Kier molecular flexibility index (Phi) is 3.73. The smallest absolute Gasteiger partial charge is 0.127 e. The van der Waals surface area contributed by atoms with Gasteiger partial charge in [0, 0.05) is 12.7 Å². The lowest BCUT2D eigenvalue weighted by molar-refractivity contribution is 0.389. The van der Waals surface area contributed by atoms with Crippen molar-refractivity contribution in [2.75, 3.05) is 25.0 Å². The van der Waals surface area contributed by atoms with Crippen LogP contribution in [0.25, 0.3) is 0 Å². The van der Waals surface area contributed by atoms with E-state index in [0.717, 1.165) is 25.5 Å². The molecule has 0 radical (unpaired) electrons. The molecule has 0 amide bonds. The highest BCUT2D eigenvalue weighted by Crippen LogP contribution is 2.13. The maximum atomic E-state index is 8.77. The molecule has 4 heteroatoms. The topological polar surface area (TPSA) is 60.7 Å². The van der Waals surface area contributed by atoms with Gasteiger partial charge in [0.15, 0.2) is 0 Å². The predicted molar refractivity (Wildman–Crippen MR) is 63.0 cm³/mol. The van der Waals surface area contributed by atoms with Crippen molar-refractivity contribution < 1.29 is 0 Å². The monoisotopic (exact) mass is 216 g/mol. The number of piperidine rings is 1. The van der Waals surface area contributed by atoms with Crippen molar-refractivity contribution in [3.05, 3.63) is 23.9 Å². The van der Waals surface area contributed by atoms with Gasteiger partial charge in [0.1, 0.15) is 5.82 Å². The van der Waals surface area contributed by atoms with Gasteiger partial charge >= 0.3 is 0 Å². The van der Waals surface area contributed by atoms with E-state index in [2.05, 4.69) is 21.7 Å². The van der Waals surface area contributed by atoms with Crippen LogP contribution in [0.4, 0.5) is 5.82 Å². The molecule has 1 aliphatic heterocycles. The normalized spacial score (nSPS) is 16.7. The first-order valence-corrected chi connectivity index (χ1v) is 5.69. The third-order valence-electron chi connectivity index (χ3n) is 2.92. The van der Waals surface area contributed by atoms with Gasteiger partial charge in [0.25, 0.3) is 0 Å². The molecule has 1 fully saturated rings. The molecule has 0 atom stereocenters. The number of rotatable bonds is 3. The van der Waals surface area contributed by atoms with Gasteiger partial charge < -0.3 is 10.6 Å². The summed E-state index contributed by atoms with van der Waals surface area (Å²) >= 11 is 0. The molecule has 0 unspecified atom stereocenters. The quantitative estimate of drug-likeness (QED) is 0.801. The standard InChI is InChI=1S/C12H16N4/c13-8-11-3-6-15-12(7-11)16-9-10-1-4-14-5-2-10/h3,6-7,10,14H,1-2,4-5,9H2,(H,15,16). The summed E-state index contributed by atoms with van der Waals surface area (Å²) in [5, 5.41) is 15.4. The zero-order valence-electron chi connectivity index (χ0n) is 9.24. The Balaban J connectivity index is 1.86. The summed E-state index contributed by atoms with van der Waals surface area (Å²) in [5.74, 6) is 1.52. The van der Waals surface area contributed by atoms with E-state index in [-0.39, 0.29) is 0 Å². The van der Waals surface area contributed by atoms with Crippen LogP contribution in [-0.4, -0.2) is 24.6 Å². The highest BCUT2D eigenvalue weighted by atomic mass is 15.0. The van der Waals surface area contributed by atoms with Crippen LogP contribution in [0, 0.1) is 17.2 Å². The van der Waals surface area contributed by atoms with Crippen molar-refractivity contribution in [1.29, 1.82) is 5.26 Å². The number of nitrogens with zero attached hydrogens (tertiary/aromatic N) is 2. The first-order chi connectivity index (χ1) is 7.88. The maximum Gasteiger partial charge on any atom is 0.127 e. The summed E-state index contributed by atoms with van der Waals surface area (Å²) < 4.78 is 0. The predicted octanol–water partition coefficient (Wildman–Crippen LogP) is 1.36. The van der Waals surface area contributed by atoms with Crippen molar-refractivity contribution in [3.63, 3.8) is 0 Å². The van der Waals surface area contributed by atoms with Crippen LogP contribution in [0.15, 0.2) is 18.3 Å². The summed E-state index contributed by atoms with van der Waals surface area (Å²) in [6.07, 6.45) is 4.10. The first kappa shape index (κ1) is 10.9. The summed E-state index contributed by atoms with van der Waals surface area (Å²) in [7, 11) is 0. The van der Waals surface area contributed by atoms with Crippen LogP contribution in [0.3, 0.4) is 0 Å². The molecule has 0 aliphatic carbocycles. The summed E-state index contributed by atoms with van der Waals surface area (Å²) in [6.45, 7) is 3.17. The molecule has 2 N–H and O–H groups in total. The minimum absolute atomic E-state index is 0.655. The molecule has 0 aromatic carbocycles. The van der Waals surface area contributed by atoms with Gasteiger partial charge in [-0.25, -0.2) is 4.98 Å². The van der Waals surface area contributed by atoms with Gasteiger partial charge in [-0.2, -0.15) is 5.26 Å². The molecule has 1 saturated heterocycles. The Hall–Kier alpha value is -1.60. The third kappa shape index (κ3) is 2.94. The average Bonchev–Trinajstić information content (AvgIpc) is 2.38. The van der Waals surface area contributed by atoms with E-state index in [1.807, 2.05) is 0 Å². The van der Waals surface area contributed by atoms with Gasteiger partial charge in [0.05, 0.1) is 11.6 Å². The molecule has 1 aliphatic rings. The molecule has 0 saturated carbocycles. The minimum atomic E-state index is 0.655. The first-order valence-electron chi connectivity index (χ1n) is 5.69. The summed E-state index contributed by atoms with van der Waals surface area (Å²) in [6, 6.07) is 5.63. The Morgan fingerprint density at radius 2 is 2.31 bits per heavy atom. The number of anilines is 1. The van der Waals surface area contributed by atoms with Crippen LogP contribution in [0.5, 0.6) is 0 Å². The molecule has 0 bridgehead atoms. The van der Waals surface area contributed by atoms with Gasteiger partial charge in [-0.15, -0.1) is 0 Å². The van der Waals surface area contributed by atoms with E-state index in [9.17, 15) is 0 Å². The molecule has 2 rings (SSSR count). The lowest BCUT2D eigenvalue weighted by atomic mass is 9.98. The SMILES string of the molecule is N#Cc1ccnc(NCC2CCNCC2)c1. The number of pyridine rings is 1. The van der Waals surface area contributed by atoms with E-state index in [0.29, 0.717) is 11.5 Å². The maximum absolute atomic E-state index is 8.77. The minimum Gasteiger partial charge on any atom is -0.370 e. The van der Waals surface area contributed by atoms with E-state index in [1.54, 1.807) is 18.3 Å². The van der Waals surface area contributed by atoms with E-state index in [4.69, 9.17) is 5.26 Å². The summed E-state index contributed by atoms with van der Waals surface area (Å²) in [4.78, 5) is 4.19. The summed E-state index contributed by atoms with van der Waals surface area (Å²) in [5.41, 5.74) is 0.655. The van der Waals surface area contributed by atoms with Crippen molar-refractivity contribution >= 4 is 5.82 Å². The Bertz CT molecular complexity index is 377. The number of nitrogens with one attached hydrogen (secondary N) is 2. The van der Waals surface area contributed by atoms with Crippen molar-refractivity contribution in [2.45, 2.75) is 12.8 Å². The number of hydrogen-bond donors (Lipinski definition) is 2. The number of aromatic nitrogens is 1. The third-order valence-corrected chi connectivity index (χ3v) is 2.92. The van der Waals surface area contributed by atoms with Gasteiger partial charge in [-0.05, 0) is 44.0 Å². The molecule has 2 heterocycles. The highest BCUT2D eigenvalue weighted by molar-refractivity contribution is 5.42. The molecular formula is C12H16N4. The van der Waals surface area contributed by atoms with Crippen molar-refractivity contribution in [3.8, 4) is 6.07 Å². The second-order valence-electron chi connectivity index (χ2n) is 4.12. The fraction of sp³-hybridized carbons (Fsp3) is 0.500. The van der Waals surface area contributed by atoms with Crippen LogP contribution >= 0.6 is 0 Å². The Morgan fingerprint density at radius 1 is 1.50 bits per heavy atom. The zero-order valence-corrected chi connectivity index (χ0v) is 9.24. The molecule has 1 aromatic rings. The lowest BCUT2D eigenvalue weighted by Gasteiger charge is -2.22. The fourth-order valence-corrected chi connectivity index (χ4v) is 1.93. The van der Waals surface area contributed by atoms with E-state index in [1.165, 1.54) is 12.8 Å². The Labute approximate surface area is 95.7 Å². The van der Waals surface area contributed by atoms with Crippen molar-refractivity contribution in [2.24, 2.45) is 5.92 Å². The number of nitriles is 1. The zero-order chi connectivity index (χ0) is 11.2. The molecule has 84 valence electrons. The molecule has 0 spiro atoms. The van der Waals surface area contributed by atoms with E-state index < -0.39 is 0 Å². The average molecular weight is 216 g/mol. The van der Waals surface area contributed by atoms with Crippen LogP contribution < -0.4 is 10.6 Å². The largest absolute Gasteiger partial charge is 0.370 e. The fourth-order valence-electron chi connectivity index (χ4n) is 1.93. The van der Waals surface area contributed by atoms with E-state index >= 15 is 0 Å². The molecule has 1 aromatic heterocycles. The Morgan fingerprint density at radius 3 is 3.06 bits per heavy atom. The molecule has 16 heavy (non-hydrogen) atoms. The second kappa shape index (κ2) is 5.47. The van der Waals surface area contributed by atoms with Gasteiger partial charge in [0.2, 0.25) is 0 Å². The van der Waals surface area contributed by atoms with Crippen molar-refractivity contribution in [1.82, 2.24) is 10.3 Å². The second-order valence-corrected chi connectivity index (χ2v) is 4.12. The van der Waals surface area contributed by atoms with Gasteiger partial charge in [-0.1, -0.05) is 0 Å². The van der Waals surface area contributed by atoms with Gasteiger partial charge in [-0.3, -0.25) is 0 Å². The lowest BCUT2D eigenvalue weighted by Crippen LogP contribution is -2.31. The highest BCUT2D eigenvalue weighted by Gasteiger charge is 2.12. The number of hydrogen-bond acceptors (Lipinski definition) is 4. The van der Waals surface area contributed by atoms with Crippen LogP contribution in [0.2, 0.25) is 0 Å². The van der Waals surface area contributed by atoms with Crippen LogP contribution in [-0.2, 0) is 0 Å². The molecule has 4 nitrogen and oxygen atoms in total. The molecular weight excluding hydrogens is 200 g/mol. The van der Waals surface area contributed by atoms with Crippen LogP contribution in [0.1, 0.15) is 18.4 Å².